The van der Waals surface area contributed by atoms with Crippen LogP contribution in [0, 0.1) is 0 Å². The van der Waals surface area contributed by atoms with E-state index >= 15 is 0 Å². The van der Waals surface area contributed by atoms with Gasteiger partial charge in [-0.05, 0) is 47.8 Å². The number of hydrogen-bond donors (Lipinski definition) is 1. The molecule has 0 aromatic carbocycles. The van der Waals surface area contributed by atoms with Crippen LogP contribution < -0.4 is 5.73 Å². The summed E-state index contributed by atoms with van der Waals surface area (Å²) >= 11 is 3.37. The summed E-state index contributed by atoms with van der Waals surface area (Å²) < 4.78 is 6.75. The van der Waals surface area contributed by atoms with Crippen LogP contribution in [0.15, 0.2) is 22.8 Å². The molecule has 0 bridgehead atoms. The highest BCUT2D eigenvalue weighted by Crippen LogP contribution is 2.22. The molecule has 1 aliphatic heterocycles. The van der Waals surface area contributed by atoms with Gasteiger partial charge in [-0.2, -0.15) is 0 Å². The lowest BCUT2D eigenvalue weighted by Gasteiger charge is -2.19. The molecule has 2 heterocycles. The molecular formula is C12H17BrN2O. The topological polar surface area (TPSA) is 48.1 Å². The van der Waals surface area contributed by atoms with Crippen molar-refractivity contribution < 1.29 is 4.74 Å². The number of hydrogen-bond acceptors (Lipinski definition) is 3. The molecule has 0 saturated carbocycles. The van der Waals surface area contributed by atoms with Crippen molar-refractivity contribution in [1.29, 1.82) is 0 Å². The molecule has 0 aliphatic carbocycles. The number of nitrogens with zero attached hydrogens (tertiary/aromatic N) is 1. The van der Waals surface area contributed by atoms with Crippen molar-refractivity contribution in [2.24, 2.45) is 5.73 Å². The highest BCUT2D eigenvalue weighted by atomic mass is 79.9. The fourth-order valence-electron chi connectivity index (χ4n) is 2.05. The highest BCUT2D eigenvalue weighted by molar-refractivity contribution is 9.10. The maximum atomic E-state index is 6.13. The van der Waals surface area contributed by atoms with Gasteiger partial charge in [0.05, 0.1) is 12.2 Å². The minimum atomic E-state index is 0.0543. The van der Waals surface area contributed by atoms with Crippen LogP contribution in [0.2, 0.25) is 0 Å². The van der Waals surface area contributed by atoms with Gasteiger partial charge in [-0.15, -0.1) is 0 Å². The summed E-state index contributed by atoms with van der Waals surface area (Å²) in [5, 5.41) is 0. The van der Waals surface area contributed by atoms with Gasteiger partial charge >= 0.3 is 0 Å². The molecule has 1 aliphatic rings. The third-order valence-corrected chi connectivity index (χ3v) is 3.44. The van der Waals surface area contributed by atoms with Crippen molar-refractivity contribution in [2.75, 3.05) is 0 Å². The van der Waals surface area contributed by atoms with E-state index < -0.39 is 0 Å². The molecule has 16 heavy (non-hydrogen) atoms. The van der Waals surface area contributed by atoms with E-state index in [0.717, 1.165) is 29.4 Å². The van der Waals surface area contributed by atoms with E-state index in [4.69, 9.17) is 10.5 Å². The summed E-state index contributed by atoms with van der Waals surface area (Å²) in [6.07, 6.45) is 5.32. The first-order valence-corrected chi connectivity index (χ1v) is 6.46. The second-order valence-electron chi connectivity index (χ2n) is 4.40. The van der Waals surface area contributed by atoms with E-state index in [1.54, 1.807) is 6.20 Å². The number of ether oxygens (including phenoxy) is 1. The molecule has 3 nitrogen and oxygen atoms in total. The van der Waals surface area contributed by atoms with Gasteiger partial charge < -0.3 is 10.5 Å². The van der Waals surface area contributed by atoms with Crippen molar-refractivity contribution in [2.45, 2.75) is 44.4 Å². The van der Waals surface area contributed by atoms with Crippen LogP contribution >= 0.6 is 15.9 Å². The Morgan fingerprint density at radius 3 is 2.94 bits per heavy atom. The van der Waals surface area contributed by atoms with Gasteiger partial charge in [0.2, 0.25) is 0 Å². The normalized spacial score (nSPS) is 26.9. The Morgan fingerprint density at radius 1 is 1.56 bits per heavy atom. The molecule has 1 saturated heterocycles. The molecule has 1 fully saturated rings. The first kappa shape index (κ1) is 12.0. The summed E-state index contributed by atoms with van der Waals surface area (Å²) in [4.78, 5) is 4.33. The monoisotopic (exact) mass is 284 g/mol. The lowest BCUT2D eigenvalue weighted by molar-refractivity contribution is 0.0403. The van der Waals surface area contributed by atoms with Gasteiger partial charge in [0, 0.05) is 28.8 Å². The third kappa shape index (κ3) is 3.03. The molecule has 1 aromatic heterocycles. The van der Waals surface area contributed by atoms with Crippen molar-refractivity contribution in [3.8, 4) is 0 Å². The van der Waals surface area contributed by atoms with Crippen LogP contribution in [0.5, 0.6) is 0 Å². The first-order valence-electron chi connectivity index (χ1n) is 5.66. The first-order chi connectivity index (χ1) is 7.65. The molecule has 0 amide bonds. The van der Waals surface area contributed by atoms with Crippen LogP contribution in [0.1, 0.15) is 25.5 Å². The van der Waals surface area contributed by atoms with Crippen molar-refractivity contribution in [3.63, 3.8) is 0 Å². The van der Waals surface area contributed by atoms with E-state index in [1.165, 1.54) is 0 Å². The summed E-state index contributed by atoms with van der Waals surface area (Å²) in [6.45, 7) is 2.10. The third-order valence-electron chi connectivity index (χ3n) is 2.98. The van der Waals surface area contributed by atoms with Gasteiger partial charge in [0.15, 0.2) is 0 Å². The predicted octanol–water partition coefficient (Wildman–Crippen LogP) is 2.28. The molecular weight excluding hydrogens is 268 g/mol. The smallest absolute Gasteiger partial charge is 0.0734 e. The van der Waals surface area contributed by atoms with Crippen LogP contribution in [0.3, 0.4) is 0 Å². The molecule has 88 valence electrons. The maximum absolute atomic E-state index is 6.13. The number of aromatic nitrogens is 1. The largest absolute Gasteiger partial charge is 0.374 e. The Hall–Kier alpha value is -0.450. The Morgan fingerprint density at radius 2 is 2.38 bits per heavy atom. The van der Waals surface area contributed by atoms with Crippen LogP contribution in [0.4, 0.5) is 0 Å². The average molecular weight is 285 g/mol. The maximum Gasteiger partial charge on any atom is 0.0734 e. The molecule has 2 rings (SSSR count). The van der Waals surface area contributed by atoms with Gasteiger partial charge in [0.25, 0.3) is 0 Å². The van der Waals surface area contributed by atoms with Gasteiger partial charge in [0.1, 0.15) is 0 Å². The fourth-order valence-corrected chi connectivity index (χ4v) is 2.28. The molecule has 1 aromatic rings. The lowest BCUT2D eigenvalue weighted by atomic mass is 10.0. The van der Waals surface area contributed by atoms with Crippen LogP contribution in [-0.4, -0.2) is 23.2 Å². The molecule has 0 radical (unpaired) electrons. The quantitative estimate of drug-likeness (QED) is 0.927. The van der Waals surface area contributed by atoms with E-state index in [0.29, 0.717) is 6.10 Å². The number of halogens is 1. The molecule has 3 atom stereocenters. The standard InChI is InChI=1S/C12H17BrN2O/c1-8-2-5-12(16-8)11(14)6-10-4-3-9(13)7-15-10/h3-4,7-8,11-12H,2,5-6,14H2,1H3. The summed E-state index contributed by atoms with van der Waals surface area (Å²) in [5.74, 6) is 0. The zero-order valence-electron chi connectivity index (χ0n) is 9.40. The molecule has 4 heteroatoms. The molecule has 2 N–H and O–H groups in total. The van der Waals surface area contributed by atoms with Gasteiger partial charge in [-0.25, -0.2) is 0 Å². The minimum absolute atomic E-state index is 0.0543. The Kier molecular flexibility index (Phi) is 3.95. The number of pyridine rings is 1. The average Bonchev–Trinajstić information content (AvgIpc) is 2.68. The summed E-state index contributed by atoms with van der Waals surface area (Å²) in [5.41, 5.74) is 7.16. The zero-order chi connectivity index (χ0) is 11.5. The van der Waals surface area contributed by atoms with Crippen LogP contribution in [0.25, 0.3) is 0 Å². The van der Waals surface area contributed by atoms with E-state index in [-0.39, 0.29) is 12.1 Å². The second-order valence-corrected chi connectivity index (χ2v) is 5.31. The van der Waals surface area contributed by atoms with E-state index in [2.05, 4.69) is 27.8 Å². The summed E-state index contributed by atoms with van der Waals surface area (Å²) in [7, 11) is 0. The predicted molar refractivity (Wildman–Crippen MR) is 67.2 cm³/mol. The van der Waals surface area contributed by atoms with Gasteiger partial charge in [-0.1, -0.05) is 0 Å². The fraction of sp³-hybridized carbons (Fsp3) is 0.583. The summed E-state index contributed by atoms with van der Waals surface area (Å²) in [6, 6.07) is 4.05. The minimum Gasteiger partial charge on any atom is -0.374 e. The number of rotatable bonds is 3. The van der Waals surface area contributed by atoms with Crippen LogP contribution in [-0.2, 0) is 11.2 Å². The molecule has 3 unspecified atom stereocenters. The van der Waals surface area contributed by atoms with E-state index in [9.17, 15) is 0 Å². The number of nitrogens with two attached hydrogens (primary N) is 1. The highest BCUT2D eigenvalue weighted by Gasteiger charge is 2.27. The Bertz CT molecular complexity index is 341. The zero-order valence-corrected chi connectivity index (χ0v) is 11.0. The van der Waals surface area contributed by atoms with Gasteiger partial charge in [-0.3, -0.25) is 4.98 Å². The Labute approximate surface area is 105 Å². The lowest BCUT2D eigenvalue weighted by Crippen LogP contribution is -2.36. The van der Waals surface area contributed by atoms with Crippen molar-refractivity contribution in [1.82, 2.24) is 4.98 Å². The van der Waals surface area contributed by atoms with E-state index in [1.807, 2.05) is 12.1 Å². The Balaban J connectivity index is 1.91. The van der Waals surface area contributed by atoms with Crippen molar-refractivity contribution in [3.05, 3.63) is 28.5 Å². The van der Waals surface area contributed by atoms with Crippen molar-refractivity contribution >= 4 is 15.9 Å². The SMILES string of the molecule is CC1CCC(C(N)Cc2ccc(Br)cn2)O1. The molecule has 0 spiro atoms. The second kappa shape index (κ2) is 5.25.